The Morgan fingerprint density at radius 3 is 2.20 bits per heavy atom. The third-order valence-corrected chi connectivity index (χ3v) is 7.23. The number of carbonyl (C=O) groups excluding carboxylic acids is 1. The van der Waals surface area contributed by atoms with Crippen molar-refractivity contribution >= 4 is 21.6 Å². The summed E-state index contributed by atoms with van der Waals surface area (Å²) in [6, 6.07) is 13.4. The van der Waals surface area contributed by atoms with Gasteiger partial charge in [-0.25, -0.2) is 8.42 Å². The van der Waals surface area contributed by atoms with Gasteiger partial charge in [-0.05, 0) is 54.8 Å². The van der Waals surface area contributed by atoms with Crippen LogP contribution >= 0.6 is 0 Å². The predicted molar refractivity (Wildman–Crippen MR) is 117 cm³/mol. The van der Waals surface area contributed by atoms with Crippen molar-refractivity contribution in [3.8, 4) is 0 Å². The molecular weight excluding hydrogens is 402 g/mol. The first-order valence-electron chi connectivity index (χ1n) is 10.1. The molecule has 1 amide bonds. The van der Waals surface area contributed by atoms with Crippen LogP contribution in [0, 0.1) is 0 Å². The van der Waals surface area contributed by atoms with Gasteiger partial charge >= 0.3 is 0 Å². The summed E-state index contributed by atoms with van der Waals surface area (Å²) in [5.41, 5.74) is 2.08. The van der Waals surface area contributed by atoms with Gasteiger partial charge in [0.1, 0.15) is 0 Å². The first kappa shape index (κ1) is 22.3. The maximum Gasteiger partial charge on any atom is 0.251 e. The van der Waals surface area contributed by atoms with Gasteiger partial charge in [0, 0.05) is 45.0 Å². The van der Waals surface area contributed by atoms with Crippen LogP contribution in [0.1, 0.15) is 41.3 Å². The minimum absolute atomic E-state index is 0.0635. The molecule has 1 aliphatic heterocycles. The molecule has 0 aromatic heterocycles. The molecule has 1 atom stereocenters. The molecule has 8 heteroatoms. The van der Waals surface area contributed by atoms with Gasteiger partial charge < -0.3 is 15.3 Å². The van der Waals surface area contributed by atoms with Crippen LogP contribution in [0.4, 0.5) is 5.69 Å². The summed E-state index contributed by atoms with van der Waals surface area (Å²) in [5, 5.41) is 13.0. The third kappa shape index (κ3) is 5.19. The number of hydrogen-bond donors (Lipinski definition) is 2. The maximum absolute atomic E-state index is 12.7. The highest BCUT2D eigenvalue weighted by Crippen LogP contribution is 2.21. The summed E-state index contributed by atoms with van der Waals surface area (Å²) >= 11 is 0. The molecule has 30 heavy (non-hydrogen) atoms. The highest BCUT2D eigenvalue weighted by molar-refractivity contribution is 7.89. The van der Waals surface area contributed by atoms with Crippen LogP contribution in [-0.4, -0.2) is 57.5 Å². The molecule has 1 heterocycles. The fraction of sp³-hybridized carbons (Fsp3) is 0.409. The Balaban J connectivity index is 1.59. The van der Waals surface area contributed by atoms with Crippen molar-refractivity contribution in [3.05, 3.63) is 59.7 Å². The van der Waals surface area contributed by atoms with Crippen LogP contribution in [0.25, 0.3) is 0 Å². The molecule has 0 bridgehead atoms. The number of anilines is 1. The number of piperidine rings is 1. The quantitative estimate of drug-likeness (QED) is 0.703. The summed E-state index contributed by atoms with van der Waals surface area (Å²) in [6.45, 7) is 1.14. The van der Waals surface area contributed by atoms with Gasteiger partial charge in [0.25, 0.3) is 5.91 Å². The Kier molecular flexibility index (Phi) is 7.12. The van der Waals surface area contributed by atoms with Crippen molar-refractivity contribution in [2.45, 2.75) is 30.3 Å². The SMILES string of the molecule is CN(C)c1ccc(C(O)CNC(=O)c2ccc(S(=O)(=O)N3CCCCC3)cc2)cc1. The topological polar surface area (TPSA) is 90.0 Å². The summed E-state index contributed by atoms with van der Waals surface area (Å²) < 4.78 is 26.9. The Bertz CT molecular complexity index is 951. The molecule has 2 aromatic rings. The monoisotopic (exact) mass is 431 g/mol. The summed E-state index contributed by atoms with van der Waals surface area (Å²) in [5.74, 6) is -0.360. The molecule has 2 N–H and O–H groups in total. The zero-order chi connectivity index (χ0) is 21.7. The van der Waals surface area contributed by atoms with Crippen LogP contribution in [0.15, 0.2) is 53.4 Å². The van der Waals surface area contributed by atoms with E-state index in [9.17, 15) is 18.3 Å². The van der Waals surface area contributed by atoms with Crippen LogP contribution in [0.5, 0.6) is 0 Å². The number of amides is 1. The summed E-state index contributed by atoms with van der Waals surface area (Å²) in [6.07, 6.45) is 1.97. The van der Waals surface area contributed by atoms with Gasteiger partial charge in [0.05, 0.1) is 11.0 Å². The molecule has 3 rings (SSSR count). The molecule has 0 radical (unpaired) electrons. The van der Waals surface area contributed by atoms with Crippen LogP contribution < -0.4 is 10.2 Å². The standard InChI is InChI=1S/C22H29N3O4S/c1-24(2)19-10-6-17(7-11-19)21(26)16-23-22(27)18-8-12-20(13-9-18)30(28,29)25-14-4-3-5-15-25/h6-13,21,26H,3-5,14-16H2,1-2H3,(H,23,27). The van der Waals surface area contributed by atoms with Crippen molar-refractivity contribution < 1.29 is 18.3 Å². The minimum atomic E-state index is -3.52. The fourth-order valence-electron chi connectivity index (χ4n) is 3.44. The average Bonchev–Trinajstić information content (AvgIpc) is 2.78. The normalized spacial score (nSPS) is 16.1. The van der Waals surface area contributed by atoms with E-state index in [0.29, 0.717) is 24.2 Å². The van der Waals surface area contributed by atoms with E-state index in [1.165, 1.54) is 28.6 Å². The van der Waals surface area contributed by atoms with E-state index in [1.54, 1.807) is 0 Å². The Morgan fingerprint density at radius 1 is 1.03 bits per heavy atom. The Morgan fingerprint density at radius 2 is 1.63 bits per heavy atom. The highest BCUT2D eigenvalue weighted by Gasteiger charge is 2.26. The number of nitrogens with zero attached hydrogens (tertiary/aromatic N) is 2. The zero-order valence-corrected chi connectivity index (χ0v) is 18.2. The van der Waals surface area contributed by atoms with Gasteiger partial charge in [0.15, 0.2) is 0 Å². The van der Waals surface area contributed by atoms with E-state index in [1.807, 2.05) is 43.3 Å². The van der Waals surface area contributed by atoms with E-state index < -0.39 is 16.1 Å². The molecule has 0 saturated carbocycles. The molecule has 2 aromatic carbocycles. The summed E-state index contributed by atoms with van der Waals surface area (Å²) in [7, 11) is 0.361. The van der Waals surface area contributed by atoms with Crippen molar-refractivity contribution in [2.75, 3.05) is 38.6 Å². The second-order valence-electron chi connectivity index (χ2n) is 7.70. The van der Waals surface area contributed by atoms with Crippen LogP contribution in [-0.2, 0) is 10.0 Å². The number of aliphatic hydroxyl groups is 1. The van der Waals surface area contributed by atoms with Crippen molar-refractivity contribution in [3.63, 3.8) is 0 Å². The van der Waals surface area contributed by atoms with Gasteiger partial charge in [-0.15, -0.1) is 0 Å². The fourth-order valence-corrected chi connectivity index (χ4v) is 4.95. The average molecular weight is 432 g/mol. The molecule has 1 saturated heterocycles. The molecule has 1 aliphatic rings. The first-order chi connectivity index (χ1) is 14.3. The second kappa shape index (κ2) is 9.59. The number of aliphatic hydroxyl groups excluding tert-OH is 1. The smallest absolute Gasteiger partial charge is 0.251 e. The van der Waals surface area contributed by atoms with Crippen molar-refractivity contribution in [1.82, 2.24) is 9.62 Å². The van der Waals surface area contributed by atoms with Gasteiger partial charge in [-0.3, -0.25) is 4.79 Å². The lowest BCUT2D eigenvalue weighted by atomic mass is 10.1. The number of sulfonamides is 1. The lowest BCUT2D eigenvalue weighted by Crippen LogP contribution is -2.35. The third-order valence-electron chi connectivity index (χ3n) is 5.32. The predicted octanol–water partition coefficient (Wildman–Crippen LogP) is 2.39. The zero-order valence-electron chi connectivity index (χ0n) is 17.4. The largest absolute Gasteiger partial charge is 0.387 e. The van der Waals surface area contributed by atoms with E-state index in [2.05, 4.69) is 5.32 Å². The van der Waals surface area contributed by atoms with Gasteiger partial charge in [-0.1, -0.05) is 18.6 Å². The molecular formula is C22H29N3O4S. The number of nitrogens with one attached hydrogen (secondary N) is 1. The highest BCUT2D eigenvalue weighted by atomic mass is 32.2. The molecule has 1 unspecified atom stereocenters. The number of rotatable bonds is 7. The molecule has 1 fully saturated rings. The molecule has 7 nitrogen and oxygen atoms in total. The number of benzene rings is 2. The number of hydrogen-bond acceptors (Lipinski definition) is 5. The van der Waals surface area contributed by atoms with Crippen LogP contribution in [0.2, 0.25) is 0 Å². The van der Waals surface area contributed by atoms with Gasteiger partial charge in [-0.2, -0.15) is 4.31 Å². The summed E-state index contributed by atoms with van der Waals surface area (Å²) in [4.78, 5) is 14.6. The molecule has 162 valence electrons. The lowest BCUT2D eigenvalue weighted by Gasteiger charge is -2.25. The van der Waals surface area contributed by atoms with E-state index >= 15 is 0 Å². The number of carbonyl (C=O) groups is 1. The minimum Gasteiger partial charge on any atom is -0.387 e. The van der Waals surface area contributed by atoms with Crippen molar-refractivity contribution in [2.24, 2.45) is 0 Å². The second-order valence-corrected chi connectivity index (χ2v) is 9.64. The molecule has 0 spiro atoms. The lowest BCUT2D eigenvalue weighted by molar-refractivity contribution is 0.0916. The van der Waals surface area contributed by atoms with E-state index in [4.69, 9.17) is 0 Å². The van der Waals surface area contributed by atoms with Crippen LogP contribution in [0.3, 0.4) is 0 Å². The maximum atomic E-state index is 12.7. The Labute approximate surface area is 178 Å². The van der Waals surface area contributed by atoms with Gasteiger partial charge in [0.2, 0.25) is 10.0 Å². The van der Waals surface area contributed by atoms with Crippen molar-refractivity contribution in [1.29, 1.82) is 0 Å². The Hall–Kier alpha value is -2.42. The van der Waals surface area contributed by atoms with E-state index in [0.717, 1.165) is 24.9 Å². The molecule has 0 aliphatic carbocycles. The van der Waals surface area contributed by atoms with E-state index in [-0.39, 0.29) is 17.3 Å². The first-order valence-corrected chi connectivity index (χ1v) is 11.6.